The summed E-state index contributed by atoms with van der Waals surface area (Å²) in [5.41, 5.74) is 2.44. The first kappa shape index (κ1) is 14.9. The van der Waals surface area contributed by atoms with Gasteiger partial charge in [0.15, 0.2) is 0 Å². The van der Waals surface area contributed by atoms with Gasteiger partial charge in [0.1, 0.15) is 5.75 Å². The second kappa shape index (κ2) is 6.79. The summed E-state index contributed by atoms with van der Waals surface area (Å²) >= 11 is 0. The van der Waals surface area contributed by atoms with Gasteiger partial charge in [0, 0.05) is 19.2 Å². The van der Waals surface area contributed by atoms with Crippen molar-refractivity contribution in [2.24, 2.45) is 0 Å². The third-order valence-electron chi connectivity index (χ3n) is 3.32. The summed E-state index contributed by atoms with van der Waals surface area (Å²) in [5.74, 6) is 0.498. The number of methoxy groups -OCH3 is 2. The molecule has 0 saturated carbocycles. The van der Waals surface area contributed by atoms with Crippen LogP contribution in [0.1, 0.15) is 15.9 Å². The molecule has 0 aliphatic rings. The fourth-order valence-electron chi connectivity index (χ4n) is 2.26. The Morgan fingerprint density at radius 3 is 2.43 bits per heavy atom. The van der Waals surface area contributed by atoms with E-state index in [-0.39, 0.29) is 5.97 Å². The Kier molecular flexibility index (Phi) is 4.82. The molecule has 0 aliphatic heterocycles. The molecule has 0 aliphatic carbocycles. The van der Waals surface area contributed by atoms with Gasteiger partial charge < -0.3 is 14.4 Å². The predicted octanol–water partition coefficient (Wildman–Crippen LogP) is 3.12. The third-order valence-corrected chi connectivity index (χ3v) is 3.32. The molecule has 0 N–H and O–H groups in total. The zero-order valence-electron chi connectivity index (χ0n) is 12.5. The van der Waals surface area contributed by atoms with Crippen LogP contribution in [0.2, 0.25) is 0 Å². The zero-order valence-corrected chi connectivity index (χ0v) is 12.5. The van der Waals surface area contributed by atoms with Crippen LogP contribution >= 0.6 is 0 Å². The second-order valence-corrected chi connectivity index (χ2v) is 4.68. The van der Waals surface area contributed by atoms with Gasteiger partial charge in [-0.2, -0.15) is 0 Å². The minimum atomic E-state index is -0.336. The monoisotopic (exact) mass is 285 g/mol. The van der Waals surface area contributed by atoms with Crippen molar-refractivity contribution in [2.75, 3.05) is 26.2 Å². The van der Waals surface area contributed by atoms with Crippen molar-refractivity contribution in [3.8, 4) is 5.75 Å². The molecule has 0 amide bonds. The Bertz CT molecular complexity index is 625. The van der Waals surface area contributed by atoms with E-state index in [4.69, 9.17) is 9.47 Å². The van der Waals surface area contributed by atoms with Gasteiger partial charge in [0.05, 0.1) is 25.5 Å². The Morgan fingerprint density at radius 2 is 1.71 bits per heavy atom. The molecule has 0 atom stereocenters. The average Bonchev–Trinajstić information content (AvgIpc) is 2.54. The van der Waals surface area contributed by atoms with E-state index in [0.29, 0.717) is 12.1 Å². The van der Waals surface area contributed by atoms with E-state index in [1.54, 1.807) is 13.2 Å². The van der Waals surface area contributed by atoms with Gasteiger partial charge >= 0.3 is 5.97 Å². The summed E-state index contributed by atoms with van der Waals surface area (Å²) in [6.07, 6.45) is 0. The Labute approximate surface area is 124 Å². The minimum absolute atomic E-state index is 0.336. The van der Waals surface area contributed by atoms with E-state index >= 15 is 0 Å². The lowest BCUT2D eigenvalue weighted by Gasteiger charge is -2.22. The molecule has 0 bridgehead atoms. The summed E-state index contributed by atoms with van der Waals surface area (Å²) in [4.78, 5) is 13.8. The van der Waals surface area contributed by atoms with E-state index in [1.807, 2.05) is 54.4 Å². The molecule has 0 heterocycles. The normalized spacial score (nSPS) is 10.0. The van der Waals surface area contributed by atoms with Gasteiger partial charge in [-0.15, -0.1) is 0 Å². The number of anilines is 1. The van der Waals surface area contributed by atoms with Crippen molar-refractivity contribution >= 4 is 11.7 Å². The van der Waals surface area contributed by atoms with Gasteiger partial charge in [-0.25, -0.2) is 4.79 Å². The summed E-state index contributed by atoms with van der Waals surface area (Å²) in [6.45, 7) is 0.637. The van der Waals surface area contributed by atoms with Crippen LogP contribution in [0.3, 0.4) is 0 Å². The number of carbonyl (C=O) groups is 1. The van der Waals surface area contributed by atoms with E-state index in [0.717, 1.165) is 17.0 Å². The summed E-state index contributed by atoms with van der Waals surface area (Å²) in [5, 5.41) is 0. The highest BCUT2D eigenvalue weighted by molar-refractivity contribution is 5.95. The number of hydrogen-bond acceptors (Lipinski definition) is 4. The molecule has 0 unspecified atom stereocenters. The number of benzene rings is 2. The molecule has 21 heavy (non-hydrogen) atoms. The van der Waals surface area contributed by atoms with E-state index in [9.17, 15) is 4.79 Å². The standard InChI is InChI=1S/C17H19NO3/c1-18(12-13-8-4-7-11-16(13)20-2)15-10-6-5-9-14(15)17(19)21-3/h4-11H,12H2,1-3H3. The molecule has 2 aromatic carbocycles. The predicted molar refractivity (Wildman–Crippen MR) is 82.9 cm³/mol. The van der Waals surface area contributed by atoms with Crippen molar-refractivity contribution in [1.29, 1.82) is 0 Å². The smallest absolute Gasteiger partial charge is 0.339 e. The van der Waals surface area contributed by atoms with Crippen LogP contribution in [0.4, 0.5) is 5.69 Å². The highest BCUT2D eigenvalue weighted by atomic mass is 16.5. The summed E-state index contributed by atoms with van der Waals surface area (Å²) < 4.78 is 10.2. The quantitative estimate of drug-likeness (QED) is 0.791. The number of para-hydroxylation sites is 2. The van der Waals surface area contributed by atoms with Crippen molar-refractivity contribution in [2.45, 2.75) is 6.54 Å². The number of hydrogen-bond donors (Lipinski definition) is 0. The zero-order chi connectivity index (χ0) is 15.2. The van der Waals surface area contributed by atoms with Crippen molar-refractivity contribution in [3.05, 3.63) is 59.7 Å². The molecule has 4 nitrogen and oxygen atoms in total. The van der Waals surface area contributed by atoms with Crippen LogP contribution in [-0.2, 0) is 11.3 Å². The van der Waals surface area contributed by atoms with Crippen LogP contribution in [0, 0.1) is 0 Å². The number of esters is 1. The van der Waals surface area contributed by atoms with Gasteiger partial charge in [-0.05, 0) is 18.2 Å². The molecule has 0 fully saturated rings. The topological polar surface area (TPSA) is 38.8 Å². The van der Waals surface area contributed by atoms with Gasteiger partial charge in [-0.1, -0.05) is 30.3 Å². The molecule has 2 rings (SSSR count). The highest BCUT2D eigenvalue weighted by Gasteiger charge is 2.15. The van der Waals surface area contributed by atoms with Crippen LogP contribution in [0.25, 0.3) is 0 Å². The number of rotatable bonds is 5. The Balaban J connectivity index is 2.28. The third kappa shape index (κ3) is 3.34. The lowest BCUT2D eigenvalue weighted by molar-refractivity contribution is 0.0601. The minimum Gasteiger partial charge on any atom is -0.496 e. The summed E-state index contributed by atoms with van der Waals surface area (Å²) in [7, 11) is 4.98. The average molecular weight is 285 g/mol. The second-order valence-electron chi connectivity index (χ2n) is 4.68. The molecule has 0 spiro atoms. The van der Waals surface area contributed by atoms with Crippen molar-refractivity contribution in [3.63, 3.8) is 0 Å². The van der Waals surface area contributed by atoms with E-state index in [2.05, 4.69) is 0 Å². The molecular weight excluding hydrogens is 266 g/mol. The number of ether oxygens (including phenoxy) is 2. The summed E-state index contributed by atoms with van der Waals surface area (Å²) in [6, 6.07) is 15.2. The molecule has 110 valence electrons. The van der Waals surface area contributed by atoms with Crippen molar-refractivity contribution < 1.29 is 14.3 Å². The van der Waals surface area contributed by atoms with Gasteiger partial charge in [0.2, 0.25) is 0 Å². The van der Waals surface area contributed by atoms with Crippen LogP contribution in [0.15, 0.2) is 48.5 Å². The lowest BCUT2D eigenvalue weighted by atomic mass is 10.1. The first-order valence-electron chi connectivity index (χ1n) is 6.67. The van der Waals surface area contributed by atoms with E-state index in [1.165, 1.54) is 7.11 Å². The van der Waals surface area contributed by atoms with Gasteiger partial charge in [0.25, 0.3) is 0 Å². The molecule has 2 aromatic rings. The maximum atomic E-state index is 11.8. The molecular formula is C17H19NO3. The number of carbonyl (C=O) groups excluding carboxylic acids is 1. The maximum absolute atomic E-state index is 11.8. The van der Waals surface area contributed by atoms with E-state index < -0.39 is 0 Å². The SMILES string of the molecule is COC(=O)c1ccccc1N(C)Cc1ccccc1OC. The van der Waals surface area contributed by atoms with Crippen LogP contribution in [0.5, 0.6) is 5.75 Å². The fraction of sp³-hybridized carbons (Fsp3) is 0.235. The maximum Gasteiger partial charge on any atom is 0.339 e. The first-order chi connectivity index (χ1) is 10.2. The van der Waals surface area contributed by atoms with Crippen LogP contribution in [-0.4, -0.2) is 27.2 Å². The van der Waals surface area contributed by atoms with Gasteiger partial charge in [-0.3, -0.25) is 0 Å². The molecule has 0 radical (unpaired) electrons. The molecule has 0 saturated heterocycles. The lowest BCUT2D eigenvalue weighted by Crippen LogP contribution is -2.20. The van der Waals surface area contributed by atoms with Crippen molar-refractivity contribution in [1.82, 2.24) is 0 Å². The van der Waals surface area contributed by atoms with Crippen LogP contribution < -0.4 is 9.64 Å². The first-order valence-corrected chi connectivity index (χ1v) is 6.67. The molecule has 0 aromatic heterocycles. The number of nitrogens with zero attached hydrogens (tertiary/aromatic N) is 1. The largest absolute Gasteiger partial charge is 0.496 e. The molecule has 4 heteroatoms. The Hall–Kier alpha value is -2.49. The highest BCUT2D eigenvalue weighted by Crippen LogP contribution is 2.25. The Morgan fingerprint density at radius 1 is 1.05 bits per heavy atom. The fourth-order valence-corrected chi connectivity index (χ4v) is 2.26.